The minimum absolute atomic E-state index is 0.122. The SMILES string of the molecule is CNC(c1cncs1)c1c(C)cc(C)cc1F. The molecule has 0 aliphatic heterocycles. The molecule has 0 bridgehead atoms. The molecule has 1 N–H and O–H groups in total. The molecule has 17 heavy (non-hydrogen) atoms. The van der Waals surface area contributed by atoms with E-state index in [-0.39, 0.29) is 11.9 Å². The van der Waals surface area contributed by atoms with Gasteiger partial charge in [-0.15, -0.1) is 11.3 Å². The number of hydrogen-bond donors (Lipinski definition) is 1. The van der Waals surface area contributed by atoms with Gasteiger partial charge in [-0.1, -0.05) is 6.07 Å². The quantitative estimate of drug-likeness (QED) is 0.904. The molecular weight excluding hydrogens is 235 g/mol. The first kappa shape index (κ1) is 12.2. The van der Waals surface area contributed by atoms with Gasteiger partial charge in [-0.3, -0.25) is 4.98 Å². The van der Waals surface area contributed by atoms with Crippen LogP contribution in [0.2, 0.25) is 0 Å². The van der Waals surface area contributed by atoms with Crippen molar-refractivity contribution in [3.8, 4) is 0 Å². The topological polar surface area (TPSA) is 24.9 Å². The monoisotopic (exact) mass is 250 g/mol. The standard InChI is InChI=1S/C13H15FN2S/c1-8-4-9(2)12(10(14)5-8)13(15-3)11-6-16-7-17-11/h4-7,13,15H,1-3H3. The van der Waals surface area contributed by atoms with Crippen LogP contribution < -0.4 is 5.32 Å². The van der Waals surface area contributed by atoms with Crippen LogP contribution in [0, 0.1) is 19.7 Å². The molecular formula is C13H15FN2S. The molecule has 2 rings (SSSR count). The first-order chi connectivity index (χ1) is 8.13. The Morgan fingerprint density at radius 1 is 1.35 bits per heavy atom. The van der Waals surface area contributed by atoms with Gasteiger partial charge < -0.3 is 5.32 Å². The minimum Gasteiger partial charge on any atom is -0.309 e. The van der Waals surface area contributed by atoms with Gasteiger partial charge in [0, 0.05) is 16.6 Å². The molecule has 0 saturated carbocycles. The Hall–Kier alpha value is -1.26. The van der Waals surface area contributed by atoms with Crippen LogP contribution in [-0.4, -0.2) is 12.0 Å². The van der Waals surface area contributed by atoms with E-state index in [1.165, 1.54) is 11.3 Å². The van der Waals surface area contributed by atoms with Crippen LogP contribution in [0.4, 0.5) is 4.39 Å². The zero-order chi connectivity index (χ0) is 12.4. The van der Waals surface area contributed by atoms with E-state index in [1.54, 1.807) is 17.8 Å². The third kappa shape index (κ3) is 2.37. The summed E-state index contributed by atoms with van der Waals surface area (Å²) >= 11 is 1.53. The number of hydrogen-bond acceptors (Lipinski definition) is 3. The van der Waals surface area contributed by atoms with Crippen LogP contribution >= 0.6 is 11.3 Å². The molecule has 0 aliphatic carbocycles. The predicted molar refractivity (Wildman–Crippen MR) is 68.9 cm³/mol. The van der Waals surface area contributed by atoms with Crippen molar-refractivity contribution in [3.05, 3.63) is 51.2 Å². The molecule has 2 aromatic rings. The summed E-state index contributed by atoms with van der Waals surface area (Å²) in [5.74, 6) is -0.157. The van der Waals surface area contributed by atoms with E-state index in [1.807, 2.05) is 27.0 Å². The van der Waals surface area contributed by atoms with Gasteiger partial charge in [-0.05, 0) is 38.1 Å². The number of nitrogens with one attached hydrogen (secondary N) is 1. The first-order valence-electron chi connectivity index (χ1n) is 5.45. The molecule has 0 fully saturated rings. The lowest BCUT2D eigenvalue weighted by Crippen LogP contribution is -2.19. The van der Waals surface area contributed by atoms with E-state index in [4.69, 9.17) is 0 Å². The van der Waals surface area contributed by atoms with E-state index < -0.39 is 0 Å². The lowest BCUT2D eigenvalue weighted by molar-refractivity contribution is 0.575. The smallest absolute Gasteiger partial charge is 0.128 e. The molecule has 2 nitrogen and oxygen atoms in total. The fourth-order valence-corrected chi connectivity index (χ4v) is 2.83. The largest absolute Gasteiger partial charge is 0.309 e. The summed E-state index contributed by atoms with van der Waals surface area (Å²) in [6.07, 6.45) is 1.78. The van der Waals surface area contributed by atoms with Crippen LogP contribution in [0.3, 0.4) is 0 Å². The Morgan fingerprint density at radius 2 is 2.12 bits per heavy atom. The van der Waals surface area contributed by atoms with Crippen molar-refractivity contribution in [3.63, 3.8) is 0 Å². The van der Waals surface area contributed by atoms with Gasteiger partial charge in [-0.2, -0.15) is 0 Å². The van der Waals surface area contributed by atoms with Crippen molar-refractivity contribution in [1.82, 2.24) is 10.3 Å². The van der Waals surface area contributed by atoms with E-state index in [2.05, 4.69) is 10.3 Å². The fourth-order valence-electron chi connectivity index (χ4n) is 2.09. The molecule has 1 aromatic heterocycles. The lowest BCUT2D eigenvalue weighted by atomic mass is 9.98. The fraction of sp³-hybridized carbons (Fsp3) is 0.308. The molecule has 0 spiro atoms. The molecule has 1 aromatic carbocycles. The molecule has 1 heterocycles. The van der Waals surface area contributed by atoms with Crippen molar-refractivity contribution in [2.24, 2.45) is 0 Å². The molecule has 1 atom stereocenters. The van der Waals surface area contributed by atoms with Gasteiger partial charge in [-0.25, -0.2) is 4.39 Å². The minimum atomic E-state index is -0.157. The second-order valence-corrected chi connectivity index (χ2v) is 5.02. The molecule has 0 aliphatic rings. The third-order valence-corrected chi connectivity index (χ3v) is 3.63. The Labute approximate surface area is 105 Å². The number of aryl methyl sites for hydroxylation is 2. The van der Waals surface area contributed by atoms with E-state index in [0.29, 0.717) is 5.56 Å². The normalized spacial score (nSPS) is 12.7. The second kappa shape index (κ2) is 4.94. The number of halogens is 1. The number of aromatic nitrogens is 1. The average Bonchev–Trinajstić information content (AvgIpc) is 2.76. The van der Waals surface area contributed by atoms with E-state index >= 15 is 0 Å². The van der Waals surface area contributed by atoms with Gasteiger partial charge >= 0.3 is 0 Å². The van der Waals surface area contributed by atoms with Crippen LogP contribution in [0.25, 0.3) is 0 Å². The summed E-state index contributed by atoms with van der Waals surface area (Å²) in [5.41, 5.74) is 4.39. The third-order valence-electron chi connectivity index (χ3n) is 2.79. The van der Waals surface area contributed by atoms with Crippen molar-refractivity contribution >= 4 is 11.3 Å². The van der Waals surface area contributed by atoms with Crippen molar-refractivity contribution in [1.29, 1.82) is 0 Å². The summed E-state index contributed by atoms with van der Waals surface area (Å²) in [7, 11) is 1.84. The van der Waals surface area contributed by atoms with Crippen molar-refractivity contribution in [2.75, 3.05) is 7.05 Å². The Bertz CT molecular complexity index is 485. The van der Waals surface area contributed by atoms with Gasteiger partial charge in [0.25, 0.3) is 0 Å². The highest BCUT2D eigenvalue weighted by Crippen LogP contribution is 2.29. The van der Waals surface area contributed by atoms with Crippen molar-refractivity contribution < 1.29 is 4.39 Å². The first-order valence-corrected chi connectivity index (χ1v) is 6.33. The summed E-state index contributed by atoms with van der Waals surface area (Å²) in [6.45, 7) is 3.84. The molecule has 4 heteroatoms. The van der Waals surface area contributed by atoms with Gasteiger partial charge in [0.15, 0.2) is 0 Å². The number of rotatable bonds is 3. The van der Waals surface area contributed by atoms with Gasteiger partial charge in [0.1, 0.15) is 5.82 Å². The molecule has 90 valence electrons. The maximum Gasteiger partial charge on any atom is 0.128 e. The van der Waals surface area contributed by atoms with Gasteiger partial charge in [0.2, 0.25) is 0 Å². The summed E-state index contributed by atoms with van der Waals surface area (Å²) in [6, 6.07) is 3.46. The van der Waals surface area contributed by atoms with Crippen LogP contribution in [0.5, 0.6) is 0 Å². The Kier molecular flexibility index (Phi) is 3.54. The van der Waals surface area contributed by atoms with Crippen LogP contribution in [0.1, 0.15) is 27.6 Å². The highest BCUT2D eigenvalue weighted by molar-refractivity contribution is 7.09. The van der Waals surface area contributed by atoms with Crippen LogP contribution in [0.15, 0.2) is 23.8 Å². The predicted octanol–water partition coefficient (Wildman–Crippen LogP) is 3.21. The lowest BCUT2D eigenvalue weighted by Gasteiger charge is -2.18. The molecule has 0 amide bonds. The van der Waals surface area contributed by atoms with Crippen molar-refractivity contribution in [2.45, 2.75) is 19.9 Å². The summed E-state index contributed by atoms with van der Waals surface area (Å²) in [5, 5.41) is 3.15. The summed E-state index contributed by atoms with van der Waals surface area (Å²) < 4.78 is 14.1. The highest BCUT2D eigenvalue weighted by atomic mass is 32.1. The highest BCUT2D eigenvalue weighted by Gasteiger charge is 2.19. The zero-order valence-electron chi connectivity index (χ0n) is 10.1. The average molecular weight is 250 g/mol. The Balaban J connectivity index is 2.52. The second-order valence-electron chi connectivity index (χ2n) is 4.10. The number of benzene rings is 1. The molecule has 0 saturated heterocycles. The number of nitrogens with zero attached hydrogens (tertiary/aromatic N) is 1. The maximum absolute atomic E-state index is 14.1. The van der Waals surface area contributed by atoms with Crippen LogP contribution in [-0.2, 0) is 0 Å². The maximum atomic E-state index is 14.1. The summed E-state index contributed by atoms with van der Waals surface area (Å²) in [4.78, 5) is 5.08. The van der Waals surface area contributed by atoms with Gasteiger partial charge in [0.05, 0.1) is 11.6 Å². The molecule has 1 unspecified atom stereocenters. The Morgan fingerprint density at radius 3 is 2.65 bits per heavy atom. The number of thiazole rings is 1. The zero-order valence-corrected chi connectivity index (χ0v) is 10.9. The van der Waals surface area contributed by atoms with E-state index in [9.17, 15) is 4.39 Å². The van der Waals surface area contributed by atoms with E-state index in [0.717, 1.165) is 16.0 Å². The molecule has 0 radical (unpaired) electrons.